The van der Waals surface area contributed by atoms with E-state index < -0.39 is 118 Å². The molecule has 0 saturated carbocycles. The minimum atomic E-state index is -1.09. The standard InChI is InChI=1S/C56H68N4O16/c1-25-29-17-31(47(63)37(45(29)61)21-57-13-5-9-41(57)53(69)70)26(2)33-19-35(51(67)39(49(33)65)23-59-15-7-11-43(59)55(73)74)28(4)36-20-34(50(66)40(52(36)68)24-60-16-8-12-44(60)56(75)76)27(3)32-18-30(25)46(62)38(48(32)64)22-58-14-6-10-42(58)54(71)72/h17-20,25-28,41-44,61-68H,5-16,21-24H2,1-4H3,(H,69,70)(H,71,72)(H,73,74)(H,75,76). The second-order valence-corrected chi connectivity index (χ2v) is 21.7. The molecule has 12 N–H and O–H groups in total. The molecule has 4 aliphatic heterocycles. The Bertz CT molecular complexity index is 2500. The predicted octanol–water partition coefficient (Wildman–Crippen LogP) is 6.45. The first kappa shape index (κ1) is 53.8. The maximum absolute atomic E-state index is 12.5. The second kappa shape index (κ2) is 20.8. The van der Waals surface area contributed by atoms with Gasteiger partial charge >= 0.3 is 23.9 Å². The molecule has 0 spiro atoms. The number of fused-ring (bicyclic) bond motifs is 8. The van der Waals surface area contributed by atoms with Crippen LogP contribution in [0, 0.1) is 0 Å². The zero-order chi connectivity index (χ0) is 54.9. The summed E-state index contributed by atoms with van der Waals surface area (Å²) in [6.07, 6.45) is 3.30. The predicted molar refractivity (Wildman–Crippen MR) is 273 cm³/mol. The molecule has 0 amide bonds. The molecule has 0 aromatic heterocycles. The molecular formula is C56H68N4O16. The summed E-state index contributed by atoms with van der Waals surface area (Å²) in [5, 5.41) is 141. The number of carboxylic acids is 4. The SMILES string of the molecule is CC1c2cc(c(O)c(CN3CCCC3C(=O)O)c2O)C(C)c2cc(c(O)c(CN3CCCC3C(=O)O)c2O)C(C)c2cc(c(O)c(CN3CCCC3C(=O)O)c2O)C(C)c2cc1c(O)c(CN1CCCC1C(=O)O)c2O. The van der Waals surface area contributed by atoms with Gasteiger partial charge in [0.05, 0.1) is 22.3 Å². The van der Waals surface area contributed by atoms with Crippen LogP contribution in [0.15, 0.2) is 24.3 Å². The van der Waals surface area contributed by atoms with Crippen LogP contribution < -0.4 is 0 Å². The number of benzene rings is 4. The van der Waals surface area contributed by atoms with Gasteiger partial charge in [0.2, 0.25) is 0 Å². The third-order valence-electron chi connectivity index (χ3n) is 17.5. The lowest BCUT2D eigenvalue weighted by atomic mass is 9.78. The highest BCUT2D eigenvalue weighted by atomic mass is 16.4. The van der Waals surface area contributed by atoms with E-state index in [9.17, 15) is 80.5 Å². The highest BCUT2D eigenvalue weighted by Crippen LogP contribution is 2.54. The largest absolute Gasteiger partial charge is 0.507 e. The summed E-state index contributed by atoms with van der Waals surface area (Å²) in [6, 6.07) is 2.23. The minimum Gasteiger partial charge on any atom is -0.507 e. The van der Waals surface area contributed by atoms with Crippen LogP contribution in [0.1, 0.15) is 169 Å². The molecule has 76 heavy (non-hydrogen) atoms. The molecule has 4 unspecified atom stereocenters. The lowest BCUT2D eigenvalue weighted by Crippen LogP contribution is -2.35. The highest BCUT2D eigenvalue weighted by Gasteiger charge is 2.40. The van der Waals surface area contributed by atoms with Crippen molar-refractivity contribution in [3.8, 4) is 46.0 Å². The van der Waals surface area contributed by atoms with Crippen LogP contribution in [0.2, 0.25) is 0 Å². The average Bonchev–Trinajstić information content (AvgIpc) is 4.23. The van der Waals surface area contributed by atoms with Gasteiger partial charge in [0.1, 0.15) is 70.2 Å². The molecule has 4 saturated heterocycles. The molecule has 4 fully saturated rings. The van der Waals surface area contributed by atoms with Gasteiger partial charge in [-0.25, -0.2) is 0 Å². The normalized spacial score (nSPS) is 25.3. The summed E-state index contributed by atoms with van der Waals surface area (Å²) in [5.41, 5.74) is 0.841. The van der Waals surface area contributed by atoms with E-state index in [1.54, 1.807) is 47.3 Å². The maximum Gasteiger partial charge on any atom is 0.320 e. The molecule has 1 aliphatic carbocycles. The fourth-order valence-electron chi connectivity index (χ4n) is 13.0. The molecular weight excluding hydrogens is 985 g/mol. The number of aliphatic carboxylic acids is 4. The Balaban J connectivity index is 1.35. The number of hydrogen-bond acceptors (Lipinski definition) is 16. The number of rotatable bonds is 12. The van der Waals surface area contributed by atoms with Gasteiger partial charge < -0.3 is 61.3 Å². The second-order valence-electron chi connectivity index (χ2n) is 21.7. The first-order valence-corrected chi connectivity index (χ1v) is 26.2. The van der Waals surface area contributed by atoms with Gasteiger partial charge in [-0.3, -0.25) is 38.8 Å². The fourth-order valence-corrected chi connectivity index (χ4v) is 13.0. The van der Waals surface area contributed by atoms with Crippen LogP contribution in [0.25, 0.3) is 0 Å². The van der Waals surface area contributed by atoms with Gasteiger partial charge in [0, 0.05) is 94.4 Å². The summed E-state index contributed by atoms with van der Waals surface area (Å²) in [5.74, 6) is -12.0. The van der Waals surface area contributed by atoms with E-state index in [1.165, 1.54) is 24.3 Å². The van der Waals surface area contributed by atoms with E-state index in [-0.39, 0.29) is 92.9 Å². The van der Waals surface area contributed by atoms with Crippen molar-refractivity contribution in [2.45, 2.75) is 153 Å². The van der Waals surface area contributed by atoms with Crippen LogP contribution in [-0.4, -0.2) is 155 Å². The third-order valence-corrected chi connectivity index (χ3v) is 17.5. The average molecular weight is 1050 g/mol. The van der Waals surface area contributed by atoms with Gasteiger partial charge in [-0.15, -0.1) is 0 Å². The van der Waals surface area contributed by atoms with Crippen molar-refractivity contribution in [3.05, 3.63) is 91.0 Å². The molecule has 4 heterocycles. The summed E-state index contributed by atoms with van der Waals surface area (Å²) in [4.78, 5) is 56.5. The van der Waals surface area contributed by atoms with Crippen molar-refractivity contribution in [1.29, 1.82) is 0 Å². The molecule has 20 heteroatoms. The van der Waals surface area contributed by atoms with Crippen LogP contribution >= 0.6 is 0 Å². The number of aromatic hydroxyl groups is 8. The van der Waals surface area contributed by atoms with Crippen molar-refractivity contribution in [1.82, 2.24) is 19.6 Å². The van der Waals surface area contributed by atoms with Crippen LogP contribution in [0.4, 0.5) is 0 Å². The lowest BCUT2D eigenvalue weighted by Gasteiger charge is -2.31. The zero-order valence-corrected chi connectivity index (χ0v) is 43.0. The molecule has 8 bridgehead atoms. The van der Waals surface area contributed by atoms with E-state index >= 15 is 0 Å². The van der Waals surface area contributed by atoms with E-state index in [0.29, 0.717) is 77.5 Å². The summed E-state index contributed by atoms with van der Waals surface area (Å²) < 4.78 is 0. The van der Waals surface area contributed by atoms with Gasteiger partial charge in [0.25, 0.3) is 0 Å². The van der Waals surface area contributed by atoms with E-state index in [2.05, 4.69) is 0 Å². The lowest BCUT2D eigenvalue weighted by molar-refractivity contribution is -0.143. The van der Waals surface area contributed by atoms with E-state index in [1.807, 2.05) is 0 Å². The summed E-state index contributed by atoms with van der Waals surface area (Å²) in [6.45, 7) is 6.95. The van der Waals surface area contributed by atoms with Crippen LogP contribution in [0.5, 0.6) is 46.0 Å². The van der Waals surface area contributed by atoms with Crippen LogP contribution in [0.3, 0.4) is 0 Å². The van der Waals surface area contributed by atoms with Crippen molar-refractivity contribution in [2.24, 2.45) is 0 Å². The Kier molecular flexibility index (Phi) is 14.8. The highest BCUT2D eigenvalue weighted by molar-refractivity contribution is 5.76. The minimum absolute atomic E-state index is 0.0529. The van der Waals surface area contributed by atoms with Crippen molar-refractivity contribution < 1.29 is 80.5 Å². The first-order valence-electron chi connectivity index (χ1n) is 26.2. The molecule has 4 aromatic rings. The zero-order valence-electron chi connectivity index (χ0n) is 43.0. The number of hydrogen-bond donors (Lipinski definition) is 12. The van der Waals surface area contributed by atoms with E-state index in [0.717, 1.165) is 0 Å². The quantitative estimate of drug-likeness (QED) is 0.0725. The van der Waals surface area contributed by atoms with E-state index in [4.69, 9.17) is 0 Å². The number of carbonyl (C=O) groups is 4. The number of nitrogens with zero attached hydrogens (tertiary/aromatic N) is 4. The molecule has 9 rings (SSSR count). The molecule has 4 atom stereocenters. The Morgan fingerprint density at radius 3 is 0.645 bits per heavy atom. The Hall–Kier alpha value is -7.00. The fraction of sp³-hybridized carbons (Fsp3) is 0.500. The van der Waals surface area contributed by atoms with Gasteiger partial charge in [-0.1, -0.05) is 27.7 Å². The van der Waals surface area contributed by atoms with Crippen molar-refractivity contribution in [2.75, 3.05) is 26.2 Å². The molecule has 5 aliphatic rings. The van der Waals surface area contributed by atoms with Gasteiger partial charge in [-0.05, 0) is 102 Å². The van der Waals surface area contributed by atoms with Crippen molar-refractivity contribution in [3.63, 3.8) is 0 Å². The third kappa shape index (κ3) is 9.32. The smallest absolute Gasteiger partial charge is 0.320 e. The summed E-state index contributed by atoms with van der Waals surface area (Å²) in [7, 11) is 0. The number of likely N-dealkylation sites (tertiary alicyclic amines) is 4. The molecule has 20 nitrogen and oxygen atoms in total. The number of phenols is 8. The van der Waals surface area contributed by atoms with Gasteiger partial charge in [-0.2, -0.15) is 0 Å². The Morgan fingerprint density at radius 1 is 0.342 bits per heavy atom. The topological polar surface area (TPSA) is 324 Å². The Morgan fingerprint density at radius 2 is 0.500 bits per heavy atom. The number of phenolic OH excluding ortho intramolecular Hbond substituents is 8. The van der Waals surface area contributed by atoms with Crippen LogP contribution in [-0.2, 0) is 45.4 Å². The summed E-state index contributed by atoms with van der Waals surface area (Å²) >= 11 is 0. The molecule has 408 valence electrons. The molecule has 4 aromatic carbocycles. The maximum atomic E-state index is 12.5. The molecule has 0 radical (unpaired) electrons. The van der Waals surface area contributed by atoms with Gasteiger partial charge in [0.15, 0.2) is 0 Å². The van der Waals surface area contributed by atoms with Crippen molar-refractivity contribution >= 4 is 23.9 Å². The number of carboxylic acid groups (broad SMARTS) is 4. The Labute approximate surface area is 438 Å². The monoisotopic (exact) mass is 1050 g/mol. The first-order chi connectivity index (χ1) is 36.0.